The van der Waals surface area contributed by atoms with Crippen LogP contribution >= 0.6 is 0 Å². The second kappa shape index (κ2) is 5.60. The van der Waals surface area contributed by atoms with Crippen LogP contribution in [0.2, 0.25) is 0 Å². The highest BCUT2D eigenvalue weighted by atomic mass is 32.2. The number of rotatable bonds is 4. The third kappa shape index (κ3) is 2.52. The maximum atomic E-state index is 11.9. The highest BCUT2D eigenvalue weighted by molar-refractivity contribution is 7.91. The van der Waals surface area contributed by atoms with E-state index in [1.54, 1.807) is 12.4 Å². The number of imidazole rings is 1. The Hall–Kier alpha value is -1.92. The summed E-state index contributed by atoms with van der Waals surface area (Å²) < 4.78 is 11.9. The molecule has 1 unspecified atom stereocenters. The third-order valence-electron chi connectivity index (χ3n) is 2.91. The third-order valence-corrected chi connectivity index (χ3v) is 4.49. The molecule has 0 aliphatic carbocycles. The largest absolute Gasteiger partial charge is 0.611 e. The zero-order valence-corrected chi connectivity index (χ0v) is 11.9. The van der Waals surface area contributed by atoms with Gasteiger partial charge >= 0.3 is 0 Å². The molecule has 1 aromatic carbocycles. The lowest BCUT2D eigenvalue weighted by Crippen LogP contribution is -2.05. The Morgan fingerprint density at radius 2 is 1.90 bits per heavy atom. The van der Waals surface area contributed by atoms with Crippen molar-refractivity contribution in [3.63, 3.8) is 0 Å². The number of fused-ring (bicyclic) bond motifs is 1. The average Bonchev–Trinajstić information content (AvgIpc) is 2.91. The van der Waals surface area contributed by atoms with Crippen molar-refractivity contribution in [3.05, 3.63) is 36.7 Å². The number of H-pyrrole nitrogens is 1. The Morgan fingerprint density at radius 1 is 1.15 bits per heavy atom. The summed E-state index contributed by atoms with van der Waals surface area (Å²) in [7, 11) is 0. The Morgan fingerprint density at radius 3 is 2.60 bits per heavy atom. The molecular formula is C14H14N4OS. The van der Waals surface area contributed by atoms with Gasteiger partial charge in [-0.2, -0.15) is 0 Å². The number of hydrogen-bond donors (Lipinski definition) is 1. The second-order valence-electron chi connectivity index (χ2n) is 4.39. The van der Waals surface area contributed by atoms with Gasteiger partial charge in [0.25, 0.3) is 0 Å². The van der Waals surface area contributed by atoms with E-state index in [1.165, 1.54) is 0 Å². The van der Waals surface area contributed by atoms with Crippen molar-refractivity contribution in [1.29, 1.82) is 0 Å². The van der Waals surface area contributed by atoms with E-state index in [0.717, 1.165) is 22.7 Å². The predicted octanol–water partition coefficient (Wildman–Crippen LogP) is 2.54. The van der Waals surface area contributed by atoms with Crippen LogP contribution in [0.15, 0.2) is 41.6 Å². The predicted molar refractivity (Wildman–Crippen MR) is 78.7 cm³/mol. The molecule has 1 atom stereocenters. The minimum atomic E-state index is -0.918. The second-order valence-corrected chi connectivity index (χ2v) is 5.96. The van der Waals surface area contributed by atoms with Crippen LogP contribution in [-0.4, -0.2) is 30.2 Å². The summed E-state index contributed by atoms with van der Waals surface area (Å²) in [4.78, 5) is 16.7. The lowest BCUT2D eigenvalue weighted by atomic mass is 10.2. The van der Waals surface area contributed by atoms with Gasteiger partial charge in [-0.15, -0.1) is 0 Å². The van der Waals surface area contributed by atoms with Gasteiger partial charge in [-0.1, -0.05) is 6.92 Å². The maximum Gasteiger partial charge on any atom is 0.197 e. The Labute approximate surface area is 119 Å². The molecule has 0 fully saturated rings. The van der Waals surface area contributed by atoms with E-state index >= 15 is 0 Å². The normalized spacial score (nSPS) is 12.7. The number of benzene rings is 1. The van der Waals surface area contributed by atoms with E-state index in [0.29, 0.717) is 17.0 Å². The summed E-state index contributed by atoms with van der Waals surface area (Å²) in [6, 6.07) is 7.60. The van der Waals surface area contributed by atoms with Gasteiger partial charge in [-0.3, -0.25) is 0 Å². The first kappa shape index (κ1) is 13.1. The molecule has 3 aromatic rings. The maximum absolute atomic E-state index is 11.9. The van der Waals surface area contributed by atoms with Gasteiger partial charge in [0, 0.05) is 18.0 Å². The molecule has 0 saturated carbocycles. The summed E-state index contributed by atoms with van der Waals surface area (Å²) >= 11 is -0.918. The van der Waals surface area contributed by atoms with Crippen LogP contribution in [0.3, 0.4) is 0 Å². The zero-order valence-electron chi connectivity index (χ0n) is 11.0. The molecule has 0 bridgehead atoms. The number of nitrogens with one attached hydrogen (secondary N) is 1. The van der Waals surface area contributed by atoms with Crippen molar-refractivity contribution in [2.24, 2.45) is 0 Å². The first-order chi connectivity index (χ1) is 9.78. The number of nitrogens with zero attached hydrogens (tertiary/aromatic N) is 3. The molecule has 5 nitrogen and oxygen atoms in total. The van der Waals surface area contributed by atoms with Gasteiger partial charge in [-0.25, -0.2) is 15.0 Å². The monoisotopic (exact) mass is 286 g/mol. The van der Waals surface area contributed by atoms with Crippen molar-refractivity contribution in [1.82, 2.24) is 19.9 Å². The smallest absolute Gasteiger partial charge is 0.197 e. The molecule has 102 valence electrons. The molecule has 0 saturated heterocycles. The van der Waals surface area contributed by atoms with E-state index in [-0.39, 0.29) is 0 Å². The molecule has 20 heavy (non-hydrogen) atoms. The van der Waals surface area contributed by atoms with E-state index in [4.69, 9.17) is 0 Å². The number of aromatic nitrogens is 4. The van der Waals surface area contributed by atoms with Gasteiger partial charge in [-0.05, 0) is 41.9 Å². The van der Waals surface area contributed by atoms with Crippen LogP contribution in [0, 0.1) is 0 Å². The van der Waals surface area contributed by atoms with Gasteiger partial charge < -0.3 is 9.54 Å². The molecule has 0 aliphatic rings. The van der Waals surface area contributed by atoms with E-state index in [9.17, 15) is 4.55 Å². The average molecular weight is 286 g/mol. The molecule has 3 rings (SSSR count). The van der Waals surface area contributed by atoms with Crippen LogP contribution in [0.25, 0.3) is 22.7 Å². The van der Waals surface area contributed by atoms with Crippen molar-refractivity contribution >= 4 is 22.5 Å². The molecule has 0 aliphatic heterocycles. The van der Waals surface area contributed by atoms with Crippen LogP contribution in [0.5, 0.6) is 0 Å². The summed E-state index contributed by atoms with van der Waals surface area (Å²) in [5, 5.41) is 0. The number of aromatic amines is 1. The fourth-order valence-electron chi connectivity index (χ4n) is 1.95. The molecule has 1 N–H and O–H groups in total. The Bertz CT molecular complexity index is 678. The molecule has 2 aromatic heterocycles. The highest BCUT2D eigenvalue weighted by Crippen LogP contribution is 2.21. The molecule has 0 spiro atoms. The molecular weight excluding hydrogens is 272 g/mol. The molecule has 2 heterocycles. The lowest BCUT2D eigenvalue weighted by molar-refractivity contribution is 0.593. The summed E-state index contributed by atoms with van der Waals surface area (Å²) in [5.41, 5.74) is 2.20. The fraction of sp³-hybridized carbons (Fsp3) is 0.214. The van der Waals surface area contributed by atoms with Gasteiger partial charge in [0.1, 0.15) is 11.6 Å². The van der Waals surface area contributed by atoms with Gasteiger partial charge in [0.05, 0.1) is 0 Å². The first-order valence-electron chi connectivity index (χ1n) is 6.43. The van der Waals surface area contributed by atoms with Crippen LogP contribution in [-0.2, 0) is 11.2 Å². The van der Waals surface area contributed by atoms with E-state index < -0.39 is 11.2 Å². The summed E-state index contributed by atoms with van der Waals surface area (Å²) in [5.74, 6) is 1.41. The minimum absolute atomic E-state index is 0.598. The standard InChI is InChI=1S/C14H14N4OS/c1-2-9-20(19)11-5-3-10(4-6-11)12-17-13-14(18-12)16-8-7-15-13/h3-8H,2,9H2,1H3,(H,15,16,17,18). The SMILES string of the molecule is CCC[S+]([O-])c1ccc(-c2nc3nccnc3[nH]2)cc1. The zero-order chi connectivity index (χ0) is 13.9. The van der Waals surface area contributed by atoms with Crippen LogP contribution < -0.4 is 0 Å². The fourth-order valence-corrected chi connectivity index (χ4v) is 3.00. The quantitative estimate of drug-likeness (QED) is 0.748. The first-order valence-corrected chi connectivity index (χ1v) is 7.75. The summed E-state index contributed by atoms with van der Waals surface area (Å²) in [6.45, 7) is 2.03. The van der Waals surface area contributed by atoms with Crippen LogP contribution in [0.1, 0.15) is 13.3 Å². The van der Waals surface area contributed by atoms with E-state index in [2.05, 4.69) is 19.9 Å². The highest BCUT2D eigenvalue weighted by Gasteiger charge is 2.11. The minimum Gasteiger partial charge on any atom is -0.611 e. The van der Waals surface area contributed by atoms with Crippen molar-refractivity contribution in [2.45, 2.75) is 18.2 Å². The lowest BCUT2D eigenvalue weighted by Gasteiger charge is -2.09. The van der Waals surface area contributed by atoms with Crippen molar-refractivity contribution in [2.75, 3.05) is 5.75 Å². The Balaban J connectivity index is 1.90. The Kier molecular flexibility index (Phi) is 3.66. The summed E-state index contributed by atoms with van der Waals surface area (Å²) in [6.07, 6.45) is 4.15. The molecule has 0 amide bonds. The van der Waals surface area contributed by atoms with Gasteiger partial charge in [0.2, 0.25) is 0 Å². The van der Waals surface area contributed by atoms with Gasteiger partial charge in [0.15, 0.2) is 16.2 Å². The van der Waals surface area contributed by atoms with Crippen molar-refractivity contribution in [3.8, 4) is 11.4 Å². The molecule has 0 radical (unpaired) electrons. The number of hydrogen-bond acceptors (Lipinski definition) is 4. The van der Waals surface area contributed by atoms with E-state index in [1.807, 2.05) is 31.2 Å². The van der Waals surface area contributed by atoms with Crippen molar-refractivity contribution < 1.29 is 4.55 Å². The molecule has 6 heteroatoms. The topological polar surface area (TPSA) is 77.5 Å². The van der Waals surface area contributed by atoms with Crippen LogP contribution in [0.4, 0.5) is 0 Å².